The van der Waals surface area contributed by atoms with Crippen molar-refractivity contribution in [3.8, 4) is 0 Å². The molecule has 8 heteroatoms. The third-order valence-electron chi connectivity index (χ3n) is 6.42. The van der Waals surface area contributed by atoms with Gasteiger partial charge in [-0.05, 0) is 39.2 Å². The van der Waals surface area contributed by atoms with Crippen LogP contribution in [0.2, 0.25) is 5.02 Å². The lowest BCUT2D eigenvalue weighted by Crippen LogP contribution is -2.46. The van der Waals surface area contributed by atoms with Crippen molar-refractivity contribution in [2.24, 2.45) is 7.05 Å². The summed E-state index contributed by atoms with van der Waals surface area (Å²) in [6.07, 6.45) is 5.04. The monoisotopic (exact) mass is 430 g/mol. The molecular weight excluding hydrogens is 400 g/mol. The van der Waals surface area contributed by atoms with Gasteiger partial charge in [0.1, 0.15) is 5.82 Å². The molecule has 30 heavy (non-hydrogen) atoms. The first-order valence-corrected chi connectivity index (χ1v) is 11.2. The number of anilines is 1. The number of carbonyl (C=O) groups is 1. The van der Waals surface area contributed by atoms with E-state index in [4.69, 9.17) is 11.6 Å². The Morgan fingerprint density at radius 1 is 1.07 bits per heavy atom. The molecule has 0 saturated carbocycles. The molecule has 0 bridgehead atoms. The van der Waals surface area contributed by atoms with E-state index in [0.29, 0.717) is 10.6 Å². The number of halogens is 1. The Morgan fingerprint density at radius 2 is 1.77 bits per heavy atom. The van der Waals surface area contributed by atoms with E-state index in [2.05, 4.69) is 33.7 Å². The average molecular weight is 431 g/mol. The summed E-state index contributed by atoms with van der Waals surface area (Å²) in [4.78, 5) is 23.9. The fourth-order valence-electron chi connectivity index (χ4n) is 4.45. The van der Waals surface area contributed by atoms with Gasteiger partial charge in [0, 0.05) is 70.3 Å². The van der Waals surface area contributed by atoms with E-state index in [1.807, 2.05) is 16.6 Å². The molecule has 2 aliphatic heterocycles. The number of nitrogens with zero attached hydrogens (tertiary/aromatic N) is 6. The van der Waals surface area contributed by atoms with Crippen LogP contribution in [0.4, 0.5) is 5.82 Å². The van der Waals surface area contributed by atoms with Gasteiger partial charge in [-0.15, -0.1) is 0 Å². The third kappa shape index (κ3) is 4.32. The molecule has 162 valence electrons. The van der Waals surface area contributed by atoms with Crippen LogP contribution in [0.15, 0.2) is 12.3 Å². The quantitative estimate of drug-likeness (QED) is 0.746. The molecule has 0 spiro atoms. The van der Waals surface area contributed by atoms with E-state index in [1.54, 1.807) is 12.3 Å². The number of piperazine rings is 1. The molecule has 2 aromatic heterocycles. The highest BCUT2D eigenvalue weighted by Gasteiger charge is 2.24. The number of carbonyl (C=O) groups excluding carboxylic acids is 1. The average Bonchev–Trinajstić information content (AvgIpc) is 3.00. The van der Waals surface area contributed by atoms with Gasteiger partial charge in [-0.3, -0.25) is 14.4 Å². The number of piperidine rings is 1. The minimum absolute atomic E-state index is 0.0441. The number of pyridine rings is 1. The Hall–Kier alpha value is -2.12. The topological polar surface area (TPSA) is 57.5 Å². The molecule has 0 aliphatic carbocycles. The second-order valence-electron chi connectivity index (χ2n) is 8.42. The van der Waals surface area contributed by atoms with Gasteiger partial charge >= 0.3 is 0 Å². The summed E-state index contributed by atoms with van der Waals surface area (Å²) in [7, 11) is 2.00. The normalized spacial score (nSPS) is 18.1. The molecule has 2 saturated heterocycles. The Balaban J connectivity index is 1.38. The molecule has 0 unspecified atom stereocenters. The fraction of sp³-hybridized carbons (Fsp3) is 0.591. The van der Waals surface area contributed by atoms with Gasteiger partial charge < -0.3 is 9.80 Å². The van der Waals surface area contributed by atoms with Crippen LogP contribution in [0.1, 0.15) is 46.6 Å². The molecule has 0 N–H and O–H groups in total. The van der Waals surface area contributed by atoms with Crippen LogP contribution in [-0.2, 0) is 13.6 Å². The van der Waals surface area contributed by atoms with Crippen molar-refractivity contribution < 1.29 is 4.79 Å². The van der Waals surface area contributed by atoms with Gasteiger partial charge in [0.25, 0.3) is 5.91 Å². The van der Waals surface area contributed by atoms with Crippen molar-refractivity contribution in [2.45, 2.75) is 39.7 Å². The van der Waals surface area contributed by atoms with Crippen LogP contribution in [0.3, 0.4) is 0 Å². The summed E-state index contributed by atoms with van der Waals surface area (Å²) < 4.78 is 1.96. The zero-order valence-corrected chi connectivity index (χ0v) is 19.0. The Bertz CT molecular complexity index is 913. The van der Waals surface area contributed by atoms with Crippen LogP contribution in [-0.4, -0.2) is 69.7 Å². The summed E-state index contributed by atoms with van der Waals surface area (Å²) >= 11 is 6.56. The molecule has 2 fully saturated rings. The van der Waals surface area contributed by atoms with E-state index < -0.39 is 0 Å². The minimum atomic E-state index is 0.0441. The summed E-state index contributed by atoms with van der Waals surface area (Å²) in [6, 6.07) is 1.79. The van der Waals surface area contributed by atoms with E-state index >= 15 is 0 Å². The molecule has 4 heterocycles. The number of aromatic nitrogens is 3. The number of rotatable bonds is 4. The summed E-state index contributed by atoms with van der Waals surface area (Å²) in [6.45, 7) is 10.4. The van der Waals surface area contributed by atoms with Crippen molar-refractivity contribution in [2.75, 3.05) is 44.2 Å². The van der Waals surface area contributed by atoms with Crippen molar-refractivity contribution in [3.05, 3.63) is 39.8 Å². The molecular formula is C22H31ClN6O. The number of hydrogen-bond acceptors (Lipinski definition) is 5. The van der Waals surface area contributed by atoms with Gasteiger partial charge in [-0.25, -0.2) is 4.98 Å². The minimum Gasteiger partial charge on any atom is -0.353 e. The van der Waals surface area contributed by atoms with Crippen LogP contribution >= 0.6 is 11.6 Å². The van der Waals surface area contributed by atoms with Gasteiger partial charge in [-0.2, -0.15) is 5.10 Å². The molecule has 0 aromatic carbocycles. The summed E-state index contributed by atoms with van der Waals surface area (Å²) in [5, 5.41) is 5.09. The Kier molecular flexibility index (Phi) is 6.29. The lowest BCUT2D eigenvalue weighted by Gasteiger charge is -2.36. The van der Waals surface area contributed by atoms with E-state index in [1.165, 1.54) is 17.7 Å². The molecule has 1 amide bonds. The van der Waals surface area contributed by atoms with Gasteiger partial charge in [0.15, 0.2) is 0 Å². The number of aryl methyl sites for hydroxylation is 2. The van der Waals surface area contributed by atoms with Gasteiger partial charge in [-0.1, -0.05) is 11.6 Å². The molecule has 0 radical (unpaired) electrons. The maximum atomic E-state index is 12.7. The summed E-state index contributed by atoms with van der Waals surface area (Å²) in [5.41, 5.74) is 4.25. The number of hydrogen-bond donors (Lipinski definition) is 0. The Morgan fingerprint density at radius 3 is 2.37 bits per heavy atom. The fourth-order valence-corrected chi connectivity index (χ4v) is 4.73. The lowest BCUT2D eigenvalue weighted by molar-refractivity contribution is 0.0724. The van der Waals surface area contributed by atoms with E-state index in [0.717, 1.165) is 70.2 Å². The molecule has 4 rings (SSSR count). The van der Waals surface area contributed by atoms with Crippen LogP contribution in [0.25, 0.3) is 0 Å². The SMILES string of the molecule is Cc1nn(C)c(C)c1CN1CCN(c2ncc(C(=O)N3CCCCC3)cc2Cl)CC1. The van der Waals surface area contributed by atoms with Gasteiger partial charge in [0.2, 0.25) is 0 Å². The van der Waals surface area contributed by atoms with Crippen molar-refractivity contribution >= 4 is 23.3 Å². The highest BCUT2D eigenvalue weighted by Crippen LogP contribution is 2.27. The second kappa shape index (κ2) is 8.94. The highest BCUT2D eigenvalue weighted by molar-refractivity contribution is 6.33. The van der Waals surface area contributed by atoms with Crippen LogP contribution in [0, 0.1) is 13.8 Å². The maximum absolute atomic E-state index is 12.7. The molecule has 2 aliphatic rings. The number of likely N-dealkylation sites (tertiary alicyclic amines) is 1. The molecule has 2 aromatic rings. The smallest absolute Gasteiger partial charge is 0.255 e. The zero-order chi connectivity index (χ0) is 21.3. The van der Waals surface area contributed by atoms with Crippen LogP contribution in [0.5, 0.6) is 0 Å². The molecule has 7 nitrogen and oxygen atoms in total. The summed E-state index contributed by atoms with van der Waals surface area (Å²) in [5.74, 6) is 0.822. The first kappa shape index (κ1) is 21.1. The predicted octanol–water partition coefficient (Wildman–Crippen LogP) is 3.03. The highest BCUT2D eigenvalue weighted by atomic mass is 35.5. The van der Waals surface area contributed by atoms with Crippen molar-refractivity contribution in [1.82, 2.24) is 24.6 Å². The lowest BCUT2D eigenvalue weighted by atomic mass is 10.1. The van der Waals surface area contributed by atoms with Crippen molar-refractivity contribution in [3.63, 3.8) is 0 Å². The largest absolute Gasteiger partial charge is 0.353 e. The third-order valence-corrected chi connectivity index (χ3v) is 6.70. The van der Waals surface area contributed by atoms with Gasteiger partial charge in [0.05, 0.1) is 16.3 Å². The van der Waals surface area contributed by atoms with E-state index in [9.17, 15) is 4.79 Å². The Labute approximate surface area is 183 Å². The first-order chi connectivity index (χ1) is 14.4. The zero-order valence-electron chi connectivity index (χ0n) is 18.2. The number of amides is 1. The first-order valence-electron chi connectivity index (χ1n) is 10.8. The van der Waals surface area contributed by atoms with E-state index in [-0.39, 0.29) is 5.91 Å². The van der Waals surface area contributed by atoms with Crippen LogP contribution < -0.4 is 4.90 Å². The standard InChI is InChI=1S/C22H31ClN6O/c1-16-19(17(2)26(3)25-16)15-27-9-11-28(12-10-27)21-20(23)13-18(14-24-21)22(30)29-7-5-4-6-8-29/h13-14H,4-12,15H2,1-3H3. The maximum Gasteiger partial charge on any atom is 0.255 e. The van der Waals surface area contributed by atoms with Crippen molar-refractivity contribution in [1.29, 1.82) is 0 Å². The predicted molar refractivity (Wildman–Crippen MR) is 119 cm³/mol. The second-order valence-corrected chi connectivity index (χ2v) is 8.83. The molecule has 0 atom stereocenters.